The molecule has 0 aliphatic rings. The highest BCUT2D eigenvalue weighted by atomic mass is 35.5. The van der Waals surface area contributed by atoms with Crippen molar-refractivity contribution in [2.24, 2.45) is 0 Å². The Kier molecular flexibility index (Phi) is 5.13. The number of halogens is 4. The first-order valence-corrected chi connectivity index (χ1v) is 6.98. The number of aryl methyl sites for hydroxylation is 1. The second kappa shape index (κ2) is 6.91. The lowest BCUT2D eigenvalue weighted by Crippen LogP contribution is -2.17. The Balaban J connectivity index is 2.38. The van der Waals surface area contributed by atoms with Gasteiger partial charge in [0.15, 0.2) is 5.69 Å². The van der Waals surface area contributed by atoms with Crippen LogP contribution < -0.4 is 10.6 Å². The number of aliphatic carboxylic acids is 1. The lowest BCUT2D eigenvalue weighted by atomic mass is 10.2. The van der Waals surface area contributed by atoms with E-state index in [0.29, 0.717) is 10.7 Å². The van der Waals surface area contributed by atoms with E-state index >= 15 is 0 Å². The molecule has 6 nitrogen and oxygen atoms in total. The fourth-order valence-electron chi connectivity index (χ4n) is 1.76. The summed E-state index contributed by atoms with van der Waals surface area (Å²) in [6.07, 6.45) is -4.71. The van der Waals surface area contributed by atoms with Crippen molar-refractivity contribution in [3.05, 3.63) is 40.5 Å². The monoisotopic (exact) mass is 360 g/mol. The van der Waals surface area contributed by atoms with Crippen molar-refractivity contribution in [2.75, 3.05) is 17.2 Å². The van der Waals surface area contributed by atoms with Gasteiger partial charge in [0.25, 0.3) is 0 Å². The number of rotatable bonds is 5. The van der Waals surface area contributed by atoms with Crippen LogP contribution >= 0.6 is 11.6 Å². The molecule has 24 heavy (non-hydrogen) atoms. The molecular weight excluding hydrogens is 349 g/mol. The van der Waals surface area contributed by atoms with Gasteiger partial charge in [-0.3, -0.25) is 4.79 Å². The van der Waals surface area contributed by atoms with Gasteiger partial charge >= 0.3 is 12.1 Å². The summed E-state index contributed by atoms with van der Waals surface area (Å²) in [5, 5.41) is 14.0. The summed E-state index contributed by atoms with van der Waals surface area (Å²) >= 11 is 5.87. The largest absolute Gasteiger partial charge is 0.480 e. The first-order valence-electron chi connectivity index (χ1n) is 6.60. The molecule has 2 rings (SSSR count). The Morgan fingerprint density at radius 1 is 1.29 bits per heavy atom. The van der Waals surface area contributed by atoms with E-state index in [4.69, 9.17) is 16.7 Å². The maximum absolute atomic E-state index is 12.9. The van der Waals surface area contributed by atoms with Crippen molar-refractivity contribution < 1.29 is 23.1 Å². The summed E-state index contributed by atoms with van der Waals surface area (Å²) in [6, 6.07) is 5.60. The van der Waals surface area contributed by atoms with Gasteiger partial charge in [0.05, 0.1) is 0 Å². The van der Waals surface area contributed by atoms with Gasteiger partial charge in [0.2, 0.25) is 5.95 Å². The van der Waals surface area contributed by atoms with Crippen molar-refractivity contribution in [3.8, 4) is 0 Å². The van der Waals surface area contributed by atoms with Crippen molar-refractivity contribution in [3.63, 3.8) is 0 Å². The standard InChI is InChI=1S/C14H12ClF3N4O2/c1-7-2-3-8(15)4-9(7)20-11-5-10(14(16,17)18)21-13(22-11)19-6-12(23)24/h2-5H,6H2,1H3,(H,23,24)(H2,19,20,21,22). The minimum atomic E-state index is -4.71. The smallest absolute Gasteiger partial charge is 0.433 e. The van der Waals surface area contributed by atoms with Crippen LogP contribution in [-0.2, 0) is 11.0 Å². The highest BCUT2D eigenvalue weighted by molar-refractivity contribution is 6.30. The highest BCUT2D eigenvalue weighted by Gasteiger charge is 2.33. The Labute approximate surface area is 139 Å². The second-order valence-corrected chi connectivity index (χ2v) is 5.23. The molecule has 0 aliphatic carbocycles. The third kappa shape index (κ3) is 4.72. The molecule has 0 bridgehead atoms. The van der Waals surface area contributed by atoms with Crippen LogP contribution in [0.25, 0.3) is 0 Å². The van der Waals surface area contributed by atoms with Gasteiger partial charge in [-0.1, -0.05) is 17.7 Å². The van der Waals surface area contributed by atoms with Gasteiger partial charge in [-0.15, -0.1) is 0 Å². The Bertz CT molecular complexity index is 768. The van der Waals surface area contributed by atoms with Crippen LogP contribution in [0, 0.1) is 6.92 Å². The fourth-order valence-corrected chi connectivity index (χ4v) is 1.93. The first kappa shape index (κ1) is 17.8. The quantitative estimate of drug-likeness (QED) is 0.753. The Morgan fingerprint density at radius 2 is 2.00 bits per heavy atom. The number of carbonyl (C=O) groups is 1. The molecule has 0 spiro atoms. The van der Waals surface area contributed by atoms with Crippen molar-refractivity contribution in [1.82, 2.24) is 9.97 Å². The van der Waals surface area contributed by atoms with Crippen LogP contribution in [0.15, 0.2) is 24.3 Å². The third-order valence-electron chi connectivity index (χ3n) is 2.88. The number of hydrogen-bond acceptors (Lipinski definition) is 5. The molecule has 0 unspecified atom stereocenters. The number of nitrogens with one attached hydrogen (secondary N) is 2. The van der Waals surface area contributed by atoms with E-state index in [1.165, 1.54) is 6.07 Å². The molecule has 0 aliphatic heterocycles. The van der Waals surface area contributed by atoms with Crippen LogP contribution in [-0.4, -0.2) is 27.6 Å². The number of carboxylic acids is 1. The molecular formula is C14H12ClF3N4O2. The molecule has 0 saturated carbocycles. The number of aromatic nitrogens is 2. The summed E-state index contributed by atoms with van der Waals surface area (Å²) in [7, 11) is 0. The SMILES string of the molecule is Cc1ccc(Cl)cc1Nc1cc(C(F)(F)F)nc(NCC(=O)O)n1. The molecule has 128 valence electrons. The summed E-state index contributed by atoms with van der Waals surface area (Å²) in [5.74, 6) is -1.85. The van der Waals surface area contributed by atoms with Gasteiger partial charge in [0.1, 0.15) is 12.4 Å². The summed E-state index contributed by atoms with van der Waals surface area (Å²) in [4.78, 5) is 17.7. The fraction of sp³-hybridized carbons (Fsp3) is 0.214. The van der Waals surface area contributed by atoms with E-state index in [0.717, 1.165) is 11.6 Å². The first-order chi connectivity index (χ1) is 11.1. The molecule has 1 aromatic carbocycles. The normalized spacial score (nSPS) is 11.2. The Morgan fingerprint density at radius 3 is 2.62 bits per heavy atom. The maximum Gasteiger partial charge on any atom is 0.433 e. The molecule has 0 atom stereocenters. The van der Waals surface area contributed by atoms with E-state index in [-0.39, 0.29) is 5.82 Å². The molecule has 1 heterocycles. The second-order valence-electron chi connectivity index (χ2n) is 4.79. The van der Waals surface area contributed by atoms with Crippen molar-refractivity contribution >= 4 is 35.0 Å². The molecule has 10 heteroatoms. The average Bonchev–Trinajstić information content (AvgIpc) is 2.48. The number of benzene rings is 1. The zero-order valence-electron chi connectivity index (χ0n) is 12.3. The minimum absolute atomic E-state index is 0.143. The zero-order valence-corrected chi connectivity index (χ0v) is 13.0. The summed E-state index contributed by atoms with van der Waals surface area (Å²) < 4.78 is 38.8. The van der Waals surface area contributed by atoms with E-state index in [1.807, 2.05) is 0 Å². The molecule has 0 fully saturated rings. The topological polar surface area (TPSA) is 87.1 Å². The van der Waals surface area contributed by atoms with E-state index in [9.17, 15) is 18.0 Å². The summed E-state index contributed by atoms with van der Waals surface area (Å²) in [5.41, 5.74) is 0.0118. The molecule has 1 aromatic heterocycles. The van der Waals surface area contributed by atoms with Crippen molar-refractivity contribution in [1.29, 1.82) is 0 Å². The zero-order chi connectivity index (χ0) is 17.9. The average molecular weight is 361 g/mol. The number of alkyl halides is 3. The van der Waals surface area contributed by atoms with Gasteiger partial charge in [-0.2, -0.15) is 18.2 Å². The maximum atomic E-state index is 12.9. The van der Waals surface area contributed by atoms with Crippen molar-refractivity contribution in [2.45, 2.75) is 13.1 Å². The lowest BCUT2D eigenvalue weighted by Gasteiger charge is -2.13. The van der Waals surface area contributed by atoms with E-state index < -0.39 is 30.3 Å². The number of carboxylic acid groups (broad SMARTS) is 1. The van der Waals surface area contributed by atoms with Gasteiger partial charge in [0, 0.05) is 16.8 Å². The number of nitrogens with zero attached hydrogens (tertiary/aromatic N) is 2. The van der Waals surface area contributed by atoms with Crippen LogP contribution in [0.4, 0.5) is 30.6 Å². The van der Waals surface area contributed by atoms with Gasteiger partial charge in [-0.05, 0) is 24.6 Å². The van der Waals surface area contributed by atoms with Crippen LogP contribution in [0.2, 0.25) is 5.02 Å². The Hall–Kier alpha value is -2.55. The van der Waals surface area contributed by atoms with E-state index in [1.54, 1.807) is 19.1 Å². The van der Waals surface area contributed by atoms with Gasteiger partial charge in [-0.25, -0.2) is 4.98 Å². The highest BCUT2D eigenvalue weighted by Crippen LogP contribution is 2.31. The van der Waals surface area contributed by atoms with Crippen LogP contribution in [0.5, 0.6) is 0 Å². The molecule has 0 radical (unpaired) electrons. The predicted octanol–water partition coefficient (Wildman–Crippen LogP) is 3.70. The number of anilines is 3. The number of hydrogen-bond donors (Lipinski definition) is 3. The van der Waals surface area contributed by atoms with E-state index in [2.05, 4.69) is 20.6 Å². The molecule has 3 N–H and O–H groups in total. The molecule has 0 saturated heterocycles. The molecule has 2 aromatic rings. The van der Waals surface area contributed by atoms with Crippen LogP contribution in [0.3, 0.4) is 0 Å². The summed E-state index contributed by atoms with van der Waals surface area (Å²) in [6.45, 7) is 1.13. The predicted molar refractivity (Wildman–Crippen MR) is 82.6 cm³/mol. The lowest BCUT2D eigenvalue weighted by molar-refractivity contribution is -0.141. The third-order valence-corrected chi connectivity index (χ3v) is 3.11. The van der Waals surface area contributed by atoms with Crippen LogP contribution in [0.1, 0.15) is 11.3 Å². The molecule has 0 amide bonds. The minimum Gasteiger partial charge on any atom is -0.480 e. The van der Waals surface area contributed by atoms with Gasteiger partial charge < -0.3 is 15.7 Å².